The topological polar surface area (TPSA) is 406 Å². The van der Waals surface area contributed by atoms with Gasteiger partial charge in [-0.15, -0.1) is 23.4 Å². The fraction of sp³-hybridized carbons (Fsp3) is 0.651. The van der Waals surface area contributed by atoms with Gasteiger partial charge in [-0.3, -0.25) is 48.2 Å². The Bertz CT molecular complexity index is 5190. The Labute approximate surface area is 857 Å². The molecule has 14 heterocycles. The highest BCUT2D eigenvalue weighted by atomic mass is 35.5. The molecule has 0 aromatic carbocycles. The molecule has 14 atom stereocenters. The van der Waals surface area contributed by atoms with Gasteiger partial charge in [-0.05, 0) is 227 Å². The second-order valence-corrected chi connectivity index (χ2v) is 56.5. The van der Waals surface area contributed by atoms with Gasteiger partial charge in [0.05, 0.1) is 41.7 Å². The van der Waals surface area contributed by atoms with Crippen LogP contribution in [0.3, 0.4) is 0 Å². The number of fused-ring (bicyclic) bond motifs is 7. The van der Waals surface area contributed by atoms with E-state index in [-0.39, 0.29) is 147 Å². The molecule has 0 radical (unpaired) electrons. The van der Waals surface area contributed by atoms with Crippen molar-refractivity contribution in [1.82, 2.24) is 34.3 Å². The quantitative estimate of drug-likeness (QED) is 0.0432. The van der Waals surface area contributed by atoms with Crippen LogP contribution in [0.25, 0.3) is 0 Å². The Kier molecular flexibility index (Phi) is 40.8. The van der Waals surface area contributed by atoms with Crippen molar-refractivity contribution in [2.45, 2.75) is 416 Å². The lowest BCUT2D eigenvalue weighted by molar-refractivity contribution is -0.164. The highest BCUT2D eigenvalue weighted by molar-refractivity contribution is 6.84. The Morgan fingerprint density at radius 1 is 0.387 bits per heavy atom. The zero-order chi connectivity index (χ0) is 109. The molecule has 0 aromatic rings. The minimum Gasteiger partial charge on any atom is -0.477 e. The lowest BCUT2D eigenvalue weighted by Gasteiger charge is -2.49. The van der Waals surface area contributed by atoms with Crippen molar-refractivity contribution < 1.29 is 105 Å². The molecule has 0 saturated carbocycles. The molecular formula is C106H154Cl3N9O22Si2. The number of nitrogens with zero attached hydrogens (tertiary/aromatic N) is 7. The smallest absolute Gasteiger partial charge is 0.356 e. The van der Waals surface area contributed by atoms with Crippen LogP contribution in [0.15, 0.2) is 89.9 Å². The Morgan fingerprint density at radius 2 is 0.627 bits per heavy atom. The number of hydrogen-bond donors (Lipinski definition) is 3. The van der Waals surface area contributed by atoms with E-state index < -0.39 is 104 Å². The van der Waals surface area contributed by atoms with Gasteiger partial charge in [-0.1, -0.05) is 166 Å². The number of β-lactam (4-membered cyclic amide) rings is 7. The predicted octanol–water partition coefficient (Wildman–Crippen LogP) is 16.3. The van der Waals surface area contributed by atoms with Gasteiger partial charge in [-0.25, -0.2) is 33.6 Å². The number of ether oxygens (including phenoxy) is 6. The third-order valence-corrected chi connectivity index (χ3v) is 27.7. The molecule has 142 heavy (non-hydrogen) atoms. The first-order chi connectivity index (χ1) is 65.1. The number of aliphatic carboxylic acids is 1. The number of aldehydes is 1. The van der Waals surface area contributed by atoms with Crippen LogP contribution >= 0.6 is 34.8 Å². The Balaban J connectivity index is 0.000000249. The minimum atomic E-state index is -1.55. The van der Waals surface area contributed by atoms with Crippen molar-refractivity contribution in [1.29, 1.82) is 0 Å². The maximum atomic E-state index is 12.7. The van der Waals surface area contributed by atoms with Crippen LogP contribution in [0, 0.1) is 64.9 Å². The molecule has 7 unspecified atom stereocenters. The molecule has 14 aliphatic rings. The molecule has 7 fully saturated rings. The molecule has 14 rings (SSSR count). The summed E-state index contributed by atoms with van der Waals surface area (Å²) >= 11 is 17.9. The fourth-order valence-electron chi connectivity index (χ4n) is 17.9. The molecule has 7 saturated heterocycles. The number of esters is 6. The van der Waals surface area contributed by atoms with E-state index in [1.807, 2.05) is 83.1 Å². The van der Waals surface area contributed by atoms with Gasteiger partial charge in [0.25, 0.3) is 0 Å². The second-order valence-electron chi connectivity index (χ2n) is 45.6. The number of carboxylic acid groups (broad SMARTS) is 1. The molecule has 7 amide bonds. The lowest BCUT2D eigenvalue weighted by atomic mass is 9.80. The highest BCUT2D eigenvalue weighted by Gasteiger charge is 2.58. The number of hydrogen-bond acceptors (Lipinski definition) is 23. The summed E-state index contributed by atoms with van der Waals surface area (Å²) in [7, 11) is -2.57. The van der Waals surface area contributed by atoms with Crippen molar-refractivity contribution in [2.24, 2.45) is 41.1 Å². The van der Waals surface area contributed by atoms with Gasteiger partial charge in [-0.2, -0.15) is 0 Å². The minimum absolute atomic E-state index is 0.00265. The predicted molar refractivity (Wildman–Crippen MR) is 549 cm³/mol. The molecule has 0 aliphatic carbocycles. The molecule has 36 heteroatoms. The average molecular weight is 2070 g/mol. The van der Waals surface area contributed by atoms with E-state index in [1.165, 1.54) is 43.8 Å². The summed E-state index contributed by atoms with van der Waals surface area (Å²) in [5.41, 5.74) is 18.1. The van der Waals surface area contributed by atoms with Crippen LogP contribution < -0.4 is 11.5 Å². The Hall–Kier alpha value is -9.93. The van der Waals surface area contributed by atoms with E-state index in [2.05, 4.69) is 88.6 Å². The maximum Gasteiger partial charge on any atom is 0.356 e. The summed E-state index contributed by atoms with van der Waals surface area (Å²) in [6.07, 6.45) is 21.7. The van der Waals surface area contributed by atoms with E-state index in [9.17, 15) is 71.9 Å². The summed E-state index contributed by atoms with van der Waals surface area (Å²) < 4.78 is 32.2. The highest BCUT2D eigenvalue weighted by Crippen LogP contribution is 2.48. The van der Waals surface area contributed by atoms with E-state index in [0.717, 1.165) is 56.1 Å². The standard InChI is InChI=1S/C18H27NO3Si.C15H21NO3.C15H19NO3.C14H19NO4.C13H18ClNO3.C12H17ClN2O3.C8H9ClN2O3.C6H12Si.C5H12/c1-12-14-9-8-13(10-11-23(5,6)7)15(19(14)16(12)20)17(21)22-18(2,3)4;2*1-6-10-7-8-11-9(2)13(17)16(11)12(10)14(18)19-15(3,4)5;1-8-10-6-5-9(7-16)11(15(10)12(8)17)13(18)19-14(2,3)4;1-7-9-6-5-8(14)10(15(9)11(7)16)12(17)18-13(2,3)4;1-12(2,3)18-11(17)9-6(13)4-5-7-8(14)10(16)15(7)9;9-3-1-2-4-5(10)7(12)11(4)6(3)8(13)14;1-5-6-7(2,3)4;1-3-5-4-2/h12,14H,8-9H2,1-7H3;6,9,11H,1,7-8H2,2-5H3;1,9,11H,7-8H2,2-5H3;7-8,10H,5-6H2,1-4H3;7,9H,5-6H2,1-4H3;7-8H,4-5,14H2,1-3H3;4-5H,1-2,10H2,(H,13,14);1-4H3;3-5H2,1-2H3/t12-,14?;2*9-,11?;8-,10?;7-,9?;7?,8-;4?,5-;;/m0000000../s1. The molecule has 31 nitrogen and oxygen atoms in total. The largest absolute Gasteiger partial charge is 0.477 e. The van der Waals surface area contributed by atoms with Crippen LogP contribution in [-0.4, -0.2) is 233 Å². The number of carboxylic acids is 1. The number of carbonyl (C=O) groups is 15. The third kappa shape index (κ3) is 29.9. The zero-order valence-electron chi connectivity index (χ0n) is 89.5. The van der Waals surface area contributed by atoms with Crippen LogP contribution in [0.4, 0.5) is 0 Å². The molecule has 0 aromatic heterocycles. The molecule has 0 spiro atoms. The van der Waals surface area contributed by atoms with Gasteiger partial charge in [0.15, 0.2) is 0 Å². The van der Waals surface area contributed by atoms with Crippen LogP contribution in [0.1, 0.15) is 289 Å². The van der Waals surface area contributed by atoms with Crippen molar-refractivity contribution in [3.8, 4) is 35.3 Å². The monoisotopic (exact) mass is 2070 g/mol. The second kappa shape index (κ2) is 47.9. The summed E-state index contributed by atoms with van der Waals surface area (Å²) in [6, 6.07) is -0.922. The number of nitrogens with two attached hydrogens (primary N) is 2. The van der Waals surface area contributed by atoms with Gasteiger partial charge in [0, 0.05) is 62.0 Å². The van der Waals surface area contributed by atoms with E-state index >= 15 is 0 Å². The van der Waals surface area contributed by atoms with Crippen LogP contribution in [0.5, 0.6) is 0 Å². The number of carbonyl (C=O) groups excluding carboxylic acids is 14. The normalized spacial score (nSPS) is 25.6. The van der Waals surface area contributed by atoms with Gasteiger partial charge in [0.1, 0.15) is 108 Å². The van der Waals surface area contributed by atoms with Gasteiger partial charge < -0.3 is 69.5 Å². The SMILES string of the molecule is C#CC1=C(C(=O)OC(C)(C)C)N2C(=O)[C@@H](C)C2CC1.C=CC1=C(C(=O)OC(C)(C)C)N2C(=O)[C@@H](C)C2CC1.CC#C[Si](C)(C)C.CC(C)(C)OC(=O)C1=C(Cl)CCC2[C@H](N)C(=O)N12.CCCCC.C[C@@H]1C(=O)N2C(C(=O)OC(C)(C)C)=C(C#C[Si](C)(C)C)CCC12.C[C@@H]1C(=O)N2C(C(=O)OC(C)(C)C)=C(C=O)CCC12.C[C@@H]1C(=O)N2C(C(=O)OC(C)(C)C)=C(Cl)CCC12.N[C@@H]1C(=O)N2C(C(=O)O)=C(Cl)CCC12. The lowest BCUT2D eigenvalue weighted by Crippen LogP contribution is -2.69. The van der Waals surface area contributed by atoms with E-state index in [4.69, 9.17) is 86.2 Å². The summed E-state index contributed by atoms with van der Waals surface area (Å²) in [5.74, 6) is 3.53. The van der Waals surface area contributed by atoms with Crippen molar-refractivity contribution >= 4 is 140 Å². The molecule has 784 valence electrons. The number of rotatable bonds is 11. The van der Waals surface area contributed by atoms with Crippen molar-refractivity contribution in [2.75, 3.05) is 0 Å². The number of terminal acetylenes is 1. The summed E-state index contributed by atoms with van der Waals surface area (Å²) in [5, 5.41) is 9.90. The first-order valence-corrected chi connectivity index (χ1v) is 57.3. The number of amides is 7. The van der Waals surface area contributed by atoms with Crippen molar-refractivity contribution in [3.05, 3.63) is 89.9 Å². The maximum absolute atomic E-state index is 12.7. The third-order valence-electron chi connectivity index (χ3n) is 24.7. The number of unbranched alkanes of at least 4 members (excludes halogenated alkanes) is 2. The molecule has 14 aliphatic heterocycles. The first kappa shape index (κ1) is 121. The number of allylic oxidation sites excluding steroid dienone is 8. The van der Waals surface area contributed by atoms with E-state index in [0.29, 0.717) is 83.8 Å². The average Bonchev–Trinajstić information content (AvgIpc) is 0.812. The van der Waals surface area contributed by atoms with E-state index in [1.54, 1.807) is 99.0 Å². The molecule has 0 bridgehead atoms. The summed E-state index contributed by atoms with van der Waals surface area (Å²) in [6.45, 7) is 65.0. The molecule has 5 N–H and O–H groups in total. The Morgan fingerprint density at radius 3 is 0.894 bits per heavy atom. The van der Waals surface area contributed by atoms with Crippen LogP contribution in [-0.2, 0) is 100 Å². The van der Waals surface area contributed by atoms with Crippen LogP contribution in [0.2, 0.25) is 39.3 Å². The van der Waals surface area contributed by atoms with Gasteiger partial charge in [0.2, 0.25) is 41.4 Å². The first-order valence-electron chi connectivity index (χ1n) is 49.2. The number of halogens is 3. The molecular weight excluding hydrogens is 1910 g/mol. The van der Waals surface area contributed by atoms with Gasteiger partial charge >= 0.3 is 41.8 Å². The zero-order valence-corrected chi connectivity index (χ0v) is 93.8. The summed E-state index contributed by atoms with van der Waals surface area (Å²) in [4.78, 5) is 189. The fourth-order valence-corrected chi connectivity index (χ4v) is 20.0. The van der Waals surface area contributed by atoms with Crippen molar-refractivity contribution in [3.63, 3.8) is 0 Å².